The van der Waals surface area contributed by atoms with Gasteiger partial charge in [-0.05, 0) is 61.4 Å². The van der Waals surface area contributed by atoms with Crippen LogP contribution >= 0.6 is 27.5 Å². The number of rotatable bonds is 9. The van der Waals surface area contributed by atoms with Gasteiger partial charge < -0.3 is 9.88 Å². The number of fused-ring (bicyclic) bond motifs is 1. The van der Waals surface area contributed by atoms with Crippen molar-refractivity contribution in [1.29, 1.82) is 0 Å². The first-order valence-electron chi connectivity index (χ1n) is 10.9. The van der Waals surface area contributed by atoms with Gasteiger partial charge in [-0.2, -0.15) is 0 Å². The molecule has 170 valence electrons. The molecule has 1 heterocycles. The van der Waals surface area contributed by atoms with Crippen molar-refractivity contribution in [2.45, 2.75) is 32.2 Å². The first-order valence-corrected chi connectivity index (χ1v) is 12.1. The molecular weight excluding hydrogens is 505 g/mol. The molecule has 0 aliphatic rings. The Morgan fingerprint density at radius 1 is 1.00 bits per heavy atom. The molecule has 0 radical (unpaired) electrons. The molecule has 0 unspecified atom stereocenters. The van der Waals surface area contributed by atoms with Crippen LogP contribution in [0.3, 0.4) is 0 Å². The smallest absolute Gasteiger partial charge is 0.251 e. The number of unbranched alkanes of at least 4 members (excludes halogenated alkanes) is 2. The van der Waals surface area contributed by atoms with Gasteiger partial charge in [0, 0.05) is 33.6 Å². The Balaban J connectivity index is 1.35. The number of nitrogens with one attached hydrogen (secondary N) is 1. The fraction of sp³-hybridized carbons (Fsp3) is 0.231. The van der Waals surface area contributed by atoms with E-state index in [2.05, 4.69) is 25.8 Å². The standard InChI is InChI=1S/C26H24BrClFN3O/c27-19-14-12-18(13-15-19)26(33)30-16-5-1-2-11-25-31-23-9-3-4-10-24(23)32(25)17-20-21(28)7-6-8-22(20)29/h3-4,6-10,12-15H,1-2,5,11,16-17H2,(H,30,33). The van der Waals surface area contributed by atoms with Gasteiger partial charge in [-0.3, -0.25) is 4.79 Å². The van der Waals surface area contributed by atoms with Gasteiger partial charge >= 0.3 is 0 Å². The SMILES string of the molecule is O=C(NCCCCCc1nc2ccccc2n1Cc1c(F)cccc1Cl)c1ccc(Br)cc1. The molecule has 0 atom stereocenters. The normalized spacial score (nSPS) is 11.1. The minimum absolute atomic E-state index is 0.0638. The van der Waals surface area contributed by atoms with Gasteiger partial charge in [0.15, 0.2) is 0 Å². The first kappa shape index (κ1) is 23.5. The number of imidazole rings is 1. The topological polar surface area (TPSA) is 46.9 Å². The lowest BCUT2D eigenvalue weighted by Crippen LogP contribution is -2.24. The number of hydrogen-bond acceptors (Lipinski definition) is 2. The van der Waals surface area contributed by atoms with E-state index in [4.69, 9.17) is 16.6 Å². The Bertz CT molecular complexity index is 1240. The van der Waals surface area contributed by atoms with Gasteiger partial charge in [0.2, 0.25) is 0 Å². The predicted octanol–water partition coefficient (Wildman–Crippen LogP) is 6.78. The van der Waals surface area contributed by atoms with Gasteiger partial charge in [0.25, 0.3) is 5.91 Å². The van der Waals surface area contributed by atoms with E-state index in [1.807, 2.05) is 36.4 Å². The van der Waals surface area contributed by atoms with E-state index in [0.717, 1.165) is 47.0 Å². The molecule has 7 heteroatoms. The summed E-state index contributed by atoms with van der Waals surface area (Å²) < 4.78 is 17.4. The van der Waals surface area contributed by atoms with Crippen molar-refractivity contribution in [2.24, 2.45) is 0 Å². The second kappa shape index (κ2) is 10.9. The van der Waals surface area contributed by atoms with Crippen LogP contribution in [-0.4, -0.2) is 22.0 Å². The van der Waals surface area contributed by atoms with Crippen molar-refractivity contribution in [3.63, 3.8) is 0 Å². The van der Waals surface area contributed by atoms with Gasteiger partial charge in [0.05, 0.1) is 17.6 Å². The number of aryl methyl sites for hydroxylation is 1. The maximum absolute atomic E-state index is 14.4. The number of benzene rings is 3. The second-order valence-electron chi connectivity index (χ2n) is 7.88. The fourth-order valence-electron chi connectivity index (χ4n) is 3.82. The van der Waals surface area contributed by atoms with Gasteiger partial charge in [0.1, 0.15) is 11.6 Å². The summed E-state index contributed by atoms with van der Waals surface area (Å²) in [6, 6.07) is 19.9. The van der Waals surface area contributed by atoms with E-state index in [0.29, 0.717) is 29.2 Å². The molecule has 0 saturated carbocycles. The third-order valence-electron chi connectivity index (χ3n) is 5.58. The molecule has 1 amide bonds. The molecule has 1 N–H and O–H groups in total. The number of hydrogen-bond donors (Lipinski definition) is 1. The zero-order chi connectivity index (χ0) is 23.2. The van der Waals surface area contributed by atoms with Crippen molar-refractivity contribution in [2.75, 3.05) is 6.54 Å². The number of aromatic nitrogens is 2. The number of carbonyl (C=O) groups excluding carboxylic acids is 1. The monoisotopic (exact) mass is 527 g/mol. The lowest BCUT2D eigenvalue weighted by molar-refractivity contribution is 0.0953. The number of para-hydroxylation sites is 2. The van der Waals surface area contributed by atoms with Crippen LogP contribution in [-0.2, 0) is 13.0 Å². The van der Waals surface area contributed by atoms with Crippen LogP contribution < -0.4 is 5.32 Å². The number of nitrogens with zero attached hydrogens (tertiary/aromatic N) is 2. The molecule has 0 saturated heterocycles. The Hall–Kier alpha value is -2.70. The fourth-order valence-corrected chi connectivity index (χ4v) is 4.31. The lowest BCUT2D eigenvalue weighted by atomic mass is 10.1. The van der Waals surface area contributed by atoms with E-state index < -0.39 is 0 Å². The minimum atomic E-state index is -0.312. The molecule has 0 bridgehead atoms. The highest BCUT2D eigenvalue weighted by Gasteiger charge is 2.14. The van der Waals surface area contributed by atoms with Crippen LogP contribution in [0.25, 0.3) is 11.0 Å². The molecule has 4 rings (SSSR count). The lowest BCUT2D eigenvalue weighted by Gasteiger charge is -2.12. The molecule has 1 aromatic heterocycles. The molecule has 0 spiro atoms. The number of halogens is 3. The average molecular weight is 529 g/mol. The zero-order valence-corrected chi connectivity index (χ0v) is 20.4. The Labute approximate surface area is 205 Å². The number of amides is 1. The largest absolute Gasteiger partial charge is 0.352 e. The molecule has 4 aromatic rings. The maximum Gasteiger partial charge on any atom is 0.251 e. The van der Waals surface area contributed by atoms with Crippen LogP contribution in [0.5, 0.6) is 0 Å². The molecular formula is C26H24BrClFN3O. The summed E-state index contributed by atoms with van der Waals surface area (Å²) in [5, 5.41) is 3.38. The van der Waals surface area contributed by atoms with E-state index in [9.17, 15) is 9.18 Å². The summed E-state index contributed by atoms with van der Waals surface area (Å²) in [5.74, 6) is 0.535. The third-order valence-corrected chi connectivity index (χ3v) is 6.46. The summed E-state index contributed by atoms with van der Waals surface area (Å²) >= 11 is 9.65. The van der Waals surface area contributed by atoms with Crippen LogP contribution in [0.1, 0.15) is 41.0 Å². The van der Waals surface area contributed by atoms with E-state index >= 15 is 0 Å². The summed E-state index contributed by atoms with van der Waals surface area (Å²) in [7, 11) is 0. The number of carbonyl (C=O) groups is 1. The van der Waals surface area contributed by atoms with Gasteiger partial charge in [-0.15, -0.1) is 0 Å². The van der Waals surface area contributed by atoms with Crippen LogP contribution in [0.4, 0.5) is 4.39 Å². The highest BCUT2D eigenvalue weighted by Crippen LogP contribution is 2.24. The molecule has 3 aromatic carbocycles. The van der Waals surface area contributed by atoms with E-state index in [-0.39, 0.29) is 11.7 Å². The van der Waals surface area contributed by atoms with E-state index in [1.54, 1.807) is 24.3 Å². The Morgan fingerprint density at radius 3 is 2.58 bits per heavy atom. The average Bonchev–Trinajstić information content (AvgIpc) is 3.16. The highest BCUT2D eigenvalue weighted by molar-refractivity contribution is 9.10. The van der Waals surface area contributed by atoms with Crippen molar-refractivity contribution in [3.8, 4) is 0 Å². The summed E-state index contributed by atoms with van der Waals surface area (Å²) in [6.45, 7) is 0.959. The van der Waals surface area contributed by atoms with Crippen LogP contribution in [0.2, 0.25) is 5.02 Å². The summed E-state index contributed by atoms with van der Waals surface area (Å²) in [4.78, 5) is 17.0. The van der Waals surface area contributed by atoms with Crippen molar-refractivity contribution < 1.29 is 9.18 Å². The van der Waals surface area contributed by atoms with Crippen LogP contribution in [0, 0.1) is 5.82 Å². The molecule has 4 nitrogen and oxygen atoms in total. The van der Waals surface area contributed by atoms with Crippen molar-refractivity contribution in [3.05, 3.63) is 99.0 Å². The second-order valence-corrected chi connectivity index (χ2v) is 9.20. The summed E-state index contributed by atoms with van der Waals surface area (Å²) in [5.41, 5.74) is 2.98. The van der Waals surface area contributed by atoms with Crippen molar-refractivity contribution >= 4 is 44.5 Å². The molecule has 0 fully saturated rings. The van der Waals surface area contributed by atoms with Crippen molar-refractivity contribution in [1.82, 2.24) is 14.9 Å². The van der Waals surface area contributed by atoms with E-state index in [1.165, 1.54) is 6.07 Å². The Morgan fingerprint density at radius 2 is 1.79 bits per heavy atom. The maximum atomic E-state index is 14.4. The predicted molar refractivity (Wildman–Crippen MR) is 134 cm³/mol. The molecule has 0 aliphatic carbocycles. The molecule has 0 aliphatic heterocycles. The van der Waals surface area contributed by atoms with Gasteiger partial charge in [-0.1, -0.05) is 52.2 Å². The summed E-state index contributed by atoms with van der Waals surface area (Å²) in [6.07, 6.45) is 3.51. The Kier molecular flexibility index (Phi) is 7.78. The minimum Gasteiger partial charge on any atom is -0.352 e. The quantitative estimate of drug-likeness (QED) is 0.243. The zero-order valence-electron chi connectivity index (χ0n) is 18.0. The van der Waals surface area contributed by atoms with Gasteiger partial charge in [-0.25, -0.2) is 9.37 Å². The highest BCUT2D eigenvalue weighted by atomic mass is 79.9. The molecule has 33 heavy (non-hydrogen) atoms. The third kappa shape index (κ3) is 5.81. The first-order chi connectivity index (χ1) is 16.0. The van der Waals surface area contributed by atoms with Crippen LogP contribution in [0.15, 0.2) is 71.2 Å².